The van der Waals surface area contributed by atoms with Crippen molar-refractivity contribution in [3.63, 3.8) is 0 Å². The van der Waals surface area contributed by atoms with Crippen molar-refractivity contribution in [1.29, 1.82) is 0 Å². The van der Waals surface area contributed by atoms with E-state index in [0.717, 1.165) is 36.8 Å². The maximum atomic E-state index is 11.5. The monoisotopic (exact) mass is 209 g/mol. The highest BCUT2D eigenvalue weighted by molar-refractivity contribution is 5.99. The molecule has 3 nitrogen and oxygen atoms in total. The Labute approximate surface area is 90.2 Å². The zero-order valence-electron chi connectivity index (χ0n) is 9.17. The highest BCUT2D eigenvalue weighted by atomic mass is 16.4. The summed E-state index contributed by atoms with van der Waals surface area (Å²) >= 11 is 0. The normalized spacial score (nSPS) is 16.2. The van der Waals surface area contributed by atoms with Gasteiger partial charge in [0.25, 0.3) is 0 Å². The van der Waals surface area contributed by atoms with E-state index >= 15 is 0 Å². The lowest BCUT2D eigenvalue weighted by Crippen LogP contribution is -2.22. The number of allylic oxidation sites excluding steroid dienone is 1. The Morgan fingerprint density at radius 1 is 1.33 bits per heavy atom. The Balaban J connectivity index is 2.59. The second-order valence-corrected chi connectivity index (χ2v) is 4.01. The minimum atomic E-state index is -1.08. The summed E-state index contributed by atoms with van der Waals surface area (Å²) in [5.41, 5.74) is 1.57. The molecular weight excluding hydrogens is 192 g/mol. The lowest BCUT2D eigenvalue weighted by Gasteiger charge is -2.06. The Bertz CT molecular complexity index is 289. The smallest absolute Gasteiger partial charge is 0.159 e. The lowest BCUT2D eigenvalue weighted by molar-refractivity contribution is -0.304. The minimum absolute atomic E-state index is 0.0623. The van der Waals surface area contributed by atoms with Crippen molar-refractivity contribution in [3.8, 4) is 0 Å². The van der Waals surface area contributed by atoms with Gasteiger partial charge in [0.15, 0.2) is 5.78 Å². The van der Waals surface area contributed by atoms with Gasteiger partial charge in [0.2, 0.25) is 0 Å². The topological polar surface area (TPSA) is 57.2 Å². The number of rotatable bonds is 6. The van der Waals surface area contributed by atoms with Gasteiger partial charge in [-0.3, -0.25) is 4.79 Å². The quantitative estimate of drug-likeness (QED) is 0.621. The fourth-order valence-electron chi connectivity index (χ4n) is 2.00. The number of carbonyl (C=O) groups excluding carboxylic acids is 2. The summed E-state index contributed by atoms with van der Waals surface area (Å²) in [5.74, 6) is -0.935. The summed E-state index contributed by atoms with van der Waals surface area (Å²) in [6.45, 7) is 2.10. The summed E-state index contributed by atoms with van der Waals surface area (Å²) in [6, 6.07) is 0. The molecule has 3 heteroatoms. The zero-order valence-corrected chi connectivity index (χ0v) is 9.17. The van der Waals surface area contributed by atoms with Crippen LogP contribution >= 0.6 is 0 Å². The number of carboxylic acid groups (broad SMARTS) is 1. The average molecular weight is 209 g/mol. The predicted molar refractivity (Wildman–Crippen MR) is 55.0 cm³/mol. The van der Waals surface area contributed by atoms with Crippen LogP contribution in [0, 0.1) is 0 Å². The summed E-state index contributed by atoms with van der Waals surface area (Å²) in [6.07, 6.45) is 4.97. The van der Waals surface area contributed by atoms with Crippen molar-refractivity contribution in [1.82, 2.24) is 0 Å². The van der Waals surface area contributed by atoms with E-state index in [9.17, 15) is 14.7 Å². The van der Waals surface area contributed by atoms with Gasteiger partial charge in [0.1, 0.15) is 0 Å². The maximum Gasteiger partial charge on any atom is 0.159 e. The first-order chi connectivity index (χ1) is 7.15. The maximum absolute atomic E-state index is 11.5. The fourth-order valence-corrected chi connectivity index (χ4v) is 2.00. The van der Waals surface area contributed by atoms with Crippen molar-refractivity contribution in [2.75, 3.05) is 0 Å². The molecule has 1 aliphatic carbocycles. The van der Waals surface area contributed by atoms with Gasteiger partial charge < -0.3 is 9.90 Å². The van der Waals surface area contributed by atoms with E-state index in [1.165, 1.54) is 0 Å². The molecule has 15 heavy (non-hydrogen) atoms. The van der Waals surface area contributed by atoms with Gasteiger partial charge in [-0.1, -0.05) is 25.3 Å². The first-order valence-corrected chi connectivity index (χ1v) is 5.59. The molecule has 0 unspecified atom stereocenters. The first kappa shape index (κ1) is 12.0. The fraction of sp³-hybridized carbons (Fsp3) is 0.667. The number of unbranched alkanes of at least 4 members (excludes halogenated alkanes) is 2. The molecular formula is C12H17O3-. The van der Waals surface area contributed by atoms with Crippen LogP contribution in [0.15, 0.2) is 11.1 Å². The van der Waals surface area contributed by atoms with Crippen LogP contribution in [-0.2, 0) is 9.59 Å². The Morgan fingerprint density at radius 3 is 2.67 bits per heavy atom. The molecule has 0 saturated heterocycles. The van der Waals surface area contributed by atoms with Crippen LogP contribution < -0.4 is 5.11 Å². The number of ketones is 1. The third-order valence-corrected chi connectivity index (χ3v) is 2.81. The highest BCUT2D eigenvalue weighted by Gasteiger charge is 2.21. The third-order valence-electron chi connectivity index (χ3n) is 2.81. The van der Waals surface area contributed by atoms with E-state index in [1.807, 2.05) is 0 Å². The largest absolute Gasteiger partial charge is 0.550 e. The summed E-state index contributed by atoms with van der Waals surface area (Å²) in [7, 11) is 0. The molecule has 0 heterocycles. The van der Waals surface area contributed by atoms with Gasteiger partial charge in [-0.15, -0.1) is 0 Å². The molecule has 0 amide bonds. The standard InChI is InChI=1S/C12H18O3/c1-2-3-4-5-10-9(8-12(14)15)6-7-11(10)13/h2-8H2,1H3,(H,14,15)/p-1. The highest BCUT2D eigenvalue weighted by Crippen LogP contribution is 2.28. The van der Waals surface area contributed by atoms with Gasteiger partial charge >= 0.3 is 0 Å². The van der Waals surface area contributed by atoms with Crippen molar-refractivity contribution in [2.24, 2.45) is 0 Å². The molecule has 0 saturated carbocycles. The van der Waals surface area contributed by atoms with E-state index in [-0.39, 0.29) is 12.2 Å². The zero-order chi connectivity index (χ0) is 11.3. The molecule has 0 atom stereocenters. The molecule has 0 aliphatic heterocycles. The molecule has 0 N–H and O–H groups in total. The summed E-state index contributed by atoms with van der Waals surface area (Å²) in [4.78, 5) is 22.0. The van der Waals surface area contributed by atoms with Crippen LogP contribution in [0.25, 0.3) is 0 Å². The second kappa shape index (κ2) is 5.69. The third kappa shape index (κ3) is 3.50. The van der Waals surface area contributed by atoms with Crippen molar-refractivity contribution >= 4 is 11.8 Å². The van der Waals surface area contributed by atoms with E-state index in [1.54, 1.807) is 0 Å². The molecule has 0 aromatic heterocycles. The van der Waals surface area contributed by atoms with Crippen LogP contribution in [-0.4, -0.2) is 11.8 Å². The van der Waals surface area contributed by atoms with E-state index in [2.05, 4.69) is 6.92 Å². The number of Topliss-reactive ketones (excluding diaryl/α,β-unsaturated/α-hetero) is 1. The van der Waals surface area contributed by atoms with Crippen molar-refractivity contribution in [3.05, 3.63) is 11.1 Å². The average Bonchev–Trinajstić information content (AvgIpc) is 2.49. The van der Waals surface area contributed by atoms with Crippen molar-refractivity contribution < 1.29 is 14.7 Å². The van der Waals surface area contributed by atoms with Crippen LogP contribution in [0.2, 0.25) is 0 Å². The predicted octanol–water partition coefficient (Wildman–Crippen LogP) is 1.37. The molecule has 0 spiro atoms. The minimum Gasteiger partial charge on any atom is -0.550 e. The molecule has 84 valence electrons. The van der Waals surface area contributed by atoms with Gasteiger partial charge in [-0.25, -0.2) is 0 Å². The number of carboxylic acids is 1. The Hall–Kier alpha value is -1.12. The van der Waals surface area contributed by atoms with Gasteiger partial charge in [0.05, 0.1) is 0 Å². The van der Waals surface area contributed by atoms with Gasteiger partial charge in [0, 0.05) is 18.8 Å². The number of hydrogen-bond donors (Lipinski definition) is 0. The first-order valence-electron chi connectivity index (χ1n) is 5.59. The summed E-state index contributed by atoms with van der Waals surface area (Å²) in [5, 5.41) is 10.5. The molecule has 1 rings (SSSR count). The Kier molecular flexibility index (Phi) is 4.53. The molecule has 1 aliphatic rings. The lowest BCUT2D eigenvalue weighted by atomic mass is 10.0. The number of hydrogen-bond acceptors (Lipinski definition) is 3. The number of carbonyl (C=O) groups is 2. The SMILES string of the molecule is CCCCCC1=C(CC(=O)[O-])CCC1=O. The van der Waals surface area contributed by atoms with Gasteiger partial charge in [-0.05, 0) is 24.8 Å². The van der Waals surface area contributed by atoms with Gasteiger partial charge in [-0.2, -0.15) is 0 Å². The van der Waals surface area contributed by atoms with Crippen LogP contribution in [0.4, 0.5) is 0 Å². The van der Waals surface area contributed by atoms with E-state index in [0.29, 0.717) is 12.8 Å². The van der Waals surface area contributed by atoms with Crippen LogP contribution in [0.3, 0.4) is 0 Å². The second-order valence-electron chi connectivity index (χ2n) is 4.01. The molecule has 0 radical (unpaired) electrons. The molecule has 0 bridgehead atoms. The molecule has 0 fully saturated rings. The number of aliphatic carboxylic acids is 1. The molecule has 0 aromatic rings. The van der Waals surface area contributed by atoms with Crippen LogP contribution in [0.5, 0.6) is 0 Å². The molecule has 0 aromatic carbocycles. The van der Waals surface area contributed by atoms with Crippen LogP contribution in [0.1, 0.15) is 51.9 Å². The Morgan fingerprint density at radius 2 is 2.07 bits per heavy atom. The van der Waals surface area contributed by atoms with E-state index < -0.39 is 5.97 Å². The van der Waals surface area contributed by atoms with Crippen molar-refractivity contribution in [2.45, 2.75) is 51.9 Å². The summed E-state index contributed by atoms with van der Waals surface area (Å²) < 4.78 is 0. The van der Waals surface area contributed by atoms with E-state index in [4.69, 9.17) is 0 Å².